The van der Waals surface area contributed by atoms with Gasteiger partial charge in [0.1, 0.15) is 49.5 Å². The number of carbonyl (C=O) groups is 2. The smallest absolute Gasteiger partial charge is 0.330 e. The lowest BCUT2D eigenvalue weighted by Gasteiger charge is -2.40. The molecule has 0 bridgehead atoms. The fourth-order valence-corrected chi connectivity index (χ4v) is 3.05. The van der Waals surface area contributed by atoms with Gasteiger partial charge in [-0.1, -0.05) is 12.1 Å². The van der Waals surface area contributed by atoms with E-state index in [9.17, 15) is 30.0 Å². The fourth-order valence-electron chi connectivity index (χ4n) is 3.05. The Balaban J connectivity index is 1.55. The normalized spacial score (nSPS) is 34.1. The van der Waals surface area contributed by atoms with Crippen LogP contribution in [0.3, 0.4) is 0 Å². The number of aromatic hydroxyl groups is 1. The number of phenols is 1. The van der Waals surface area contributed by atoms with Crippen molar-refractivity contribution in [2.45, 2.75) is 43.7 Å². The number of aliphatic hydroxyl groups is 3. The van der Waals surface area contributed by atoms with Gasteiger partial charge >= 0.3 is 11.9 Å². The van der Waals surface area contributed by atoms with Gasteiger partial charge in [-0.05, 0) is 30.7 Å². The average Bonchev–Trinajstić information content (AvgIpc) is 3.05. The molecule has 2 aliphatic rings. The van der Waals surface area contributed by atoms with E-state index in [1.54, 1.807) is 19.1 Å². The Morgan fingerprint density at radius 2 is 1.87 bits per heavy atom. The largest absolute Gasteiger partial charge is 0.508 e. The van der Waals surface area contributed by atoms with Crippen molar-refractivity contribution in [2.75, 3.05) is 13.2 Å². The summed E-state index contributed by atoms with van der Waals surface area (Å²) in [5.41, 5.74) is 0.660. The number of phenolic OH excluding ortho intramolecular Hbond substituents is 1. The number of rotatable bonds is 6. The maximum atomic E-state index is 11.9. The van der Waals surface area contributed by atoms with Gasteiger partial charge in [-0.15, -0.1) is 0 Å². The van der Waals surface area contributed by atoms with Crippen molar-refractivity contribution in [1.29, 1.82) is 0 Å². The molecule has 0 spiro atoms. The molecule has 30 heavy (non-hydrogen) atoms. The monoisotopic (exact) mass is 424 g/mol. The van der Waals surface area contributed by atoms with Crippen LogP contribution in [-0.2, 0) is 28.5 Å². The summed E-state index contributed by atoms with van der Waals surface area (Å²) in [6.45, 7) is 1.17. The van der Waals surface area contributed by atoms with Gasteiger partial charge in [0, 0.05) is 6.08 Å². The first kappa shape index (κ1) is 22.2. The zero-order valence-electron chi connectivity index (χ0n) is 16.2. The molecule has 2 heterocycles. The SMILES string of the molecule is C[C@@H]1C(=O)OC[C@H]1O[C@H]1O[C@H](COC(=O)C=Cc2ccc(O)cc2)[C@@H](O)[C@H](O)[C@H]1O. The van der Waals surface area contributed by atoms with Crippen molar-refractivity contribution in [3.8, 4) is 5.75 Å². The standard InChI is InChI=1S/C20H24O10/c1-10-13(8-28-19(10)26)29-20-18(25)17(24)16(23)14(30-20)9-27-15(22)7-4-11-2-5-12(21)6-3-11/h2-7,10,13-14,16-18,20-21,23-25H,8-9H2,1H3/t10-,13+,14+,16+,17-,18+,20-/m0/s1. The summed E-state index contributed by atoms with van der Waals surface area (Å²) in [5, 5.41) is 39.6. The second kappa shape index (κ2) is 9.54. The Kier molecular flexibility index (Phi) is 7.06. The van der Waals surface area contributed by atoms with Crippen molar-refractivity contribution >= 4 is 18.0 Å². The van der Waals surface area contributed by atoms with Crippen LogP contribution in [0.25, 0.3) is 6.08 Å². The fraction of sp³-hybridized carbons (Fsp3) is 0.500. The first-order valence-corrected chi connectivity index (χ1v) is 9.42. The molecule has 2 aliphatic heterocycles. The van der Waals surface area contributed by atoms with Crippen molar-refractivity contribution in [1.82, 2.24) is 0 Å². The minimum absolute atomic E-state index is 0.0209. The molecule has 2 fully saturated rings. The van der Waals surface area contributed by atoms with E-state index < -0.39 is 61.3 Å². The maximum absolute atomic E-state index is 11.9. The number of aliphatic hydroxyl groups excluding tert-OH is 3. The van der Waals surface area contributed by atoms with Crippen LogP contribution >= 0.6 is 0 Å². The highest BCUT2D eigenvalue weighted by Crippen LogP contribution is 2.27. The van der Waals surface area contributed by atoms with Crippen LogP contribution in [0, 0.1) is 5.92 Å². The lowest BCUT2D eigenvalue weighted by Crippen LogP contribution is -2.60. The molecule has 0 aliphatic carbocycles. The third-order valence-corrected chi connectivity index (χ3v) is 4.99. The van der Waals surface area contributed by atoms with Gasteiger partial charge in [0.05, 0.1) is 5.92 Å². The molecule has 2 saturated heterocycles. The number of esters is 2. The molecular weight excluding hydrogens is 400 g/mol. The van der Waals surface area contributed by atoms with Crippen LogP contribution in [0.1, 0.15) is 12.5 Å². The van der Waals surface area contributed by atoms with E-state index in [1.807, 2.05) is 0 Å². The van der Waals surface area contributed by atoms with Gasteiger partial charge < -0.3 is 39.4 Å². The molecule has 0 radical (unpaired) electrons. The number of benzene rings is 1. The molecule has 0 unspecified atom stereocenters. The minimum atomic E-state index is -1.60. The van der Waals surface area contributed by atoms with Gasteiger partial charge in [0.2, 0.25) is 0 Å². The van der Waals surface area contributed by atoms with Crippen molar-refractivity contribution in [2.24, 2.45) is 5.92 Å². The summed E-state index contributed by atoms with van der Waals surface area (Å²) in [7, 11) is 0. The first-order valence-electron chi connectivity index (χ1n) is 9.42. The minimum Gasteiger partial charge on any atom is -0.508 e. The Labute approximate surface area is 172 Å². The molecule has 4 N–H and O–H groups in total. The van der Waals surface area contributed by atoms with Crippen molar-refractivity contribution in [3.05, 3.63) is 35.9 Å². The predicted octanol–water partition coefficient (Wildman–Crippen LogP) is -0.666. The highest BCUT2D eigenvalue weighted by Gasteiger charge is 2.47. The molecule has 1 aromatic carbocycles. The molecule has 7 atom stereocenters. The van der Waals surface area contributed by atoms with Gasteiger partial charge in [-0.2, -0.15) is 0 Å². The van der Waals surface area contributed by atoms with E-state index in [1.165, 1.54) is 18.2 Å². The van der Waals surface area contributed by atoms with Gasteiger partial charge in [0.15, 0.2) is 6.29 Å². The predicted molar refractivity (Wildman–Crippen MR) is 99.8 cm³/mol. The number of hydrogen-bond acceptors (Lipinski definition) is 10. The summed E-state index contributed by atoms with van der Waals surface area (Å²) in [6, 6.07) is 6.14. The third-order valence-electron chi connectivity index (χ3n) is 4.99. The zero-order chi connectivity index (χ0) is 21.8. The molecule has 0 amide bonds. The first-order chi connectivity index (χ1) is 14.3. The Morgan fingerprint density at radius 1 is 1.17 bits per heavy atom. The highest BCUT2D eigenvalue weighted by molar-refractivity contribution is 5.87. The molecule has 10 nitrogen and oxygen atoms in total. The number of hydrogen-bond donors (Lipinski definition) is 4. The molecule has 10 heteroatoms. The van der Waals surface area contributed by atoms with Crippen LogP contribution in [-0.4, -0.2) is 82.4 Å². The maximum Gasteiger partial charge on any atom is 0.330 e. The van der Waals surface area contributed by atoms with Crippen molar-refractivity contribution < 1.29 is 49.0 Å². The van der Waals surface area contributed by atoms with Crippen LogP contribution in [0.2, 0.25) is 0 Å². The van der Waals surface area contributed by atoms with Crippen LogP contribution < -0.4 is 0 Å². The molecular formula is C20H24O10. The summed E-state index contributed by atoms with van der Waals surface area (Å²) in [5.74, 6) is -1.65. The van der Waals surface area contributed by atoms with E-state index >= 15 is 0 Å². The lowest BCUT2D eigenvalue weighted by atomic mass is 9.99. The molecule has 3 rings (SSSR count). The Morgan fingerprint density at radius 3 is 2.50 bits per heavy atom. The Bertz CT molecular complexity index is 776. The molecule has 0 aromatic heterocycles. The topological polar surface area (TPSA) is 152 Å². The average molecular weight is 424 g/mol. The van der Waals surface area contributed by atoms with Gasteiger partial charge in [-0.3, -0.25) is 4.79 Å². The second-order valence-electron chi connectivity index (χ2n) is 7.16. The van der Waals surface area contributed by atoms with E-state index in [2.05, 4.69) is 0 Å². The number of cyclic esters (lactones) is 1. The summed E-state index contributed by atoms with van der Waals surface area (Å²) < 4.78 is 21.0. The van der Waals surface area contributed by atoms with Crippen molar-refractivity contribution in [3.63, 3.8) is 0 Å². The molecule has 1 aromatic rings. The second-order valence-corrected chi connectivity index (χ2v) is 7.16. The van der Waals surface area contributed by atoms with Gasteiger partial charge in [-0.25, -0.2) is 4.79 Å². The zero-order valence-corrected chi connectivity index (χ0v) is 16.2. The van der Waals surface area contributed by atoms with Crippen LogP contribution in [0.4, 0.5) is 0 Å². The van der Waals surface area contributed by atoms with Crippen LogP contribution in [0.5, 0.6) is 5.75 Å². The number of carbonyl (C=O) groups excluding carboxylic acids is 2. The van der Waals surface area contributed by atoms with E-state index in [4.69, 9.17) is 18.9 Å². The Hall–Kier alpha value is -2.50. The quantitative estimate of drug-likeness (QED) is 0.342. The van der Waals surface area contributed by atoms with Gasteiger partial charge in [0.25, 0.3) is 0 Å². The summed E-state index contributed by atoms with van der Waals surface area (Å²) in [4.78, 5) is 23.4. The van der Waals surface area contributed by atoms with Crippen LogP contribution in [0.15, 0.2) is 30.3 Å². The van der Waals surface area contributed by atoms with E-state index in [0.717, 1.165) is 6.08 Å². The van der Waals surface area contributed by atoms with E-state index in [-0.39, 0.29) is 12.4 Å². The summed E-state index contributed by atoms with van der Waals surface area (Å²) in [6.07, 6.45) is -5.25. The third kappa shape index (κ3) is 5.15. The van der Waals surface area contributed by atoms with E-state index in [0.29, 0.717) is 5.56 Å². The lowest BCUT2D eigenvalue weighted by molar-refractivity contribution is -0.313. The summed E-state index contributed by atoms with van der Waals surface area (Å²) >= 11 is 0. The number of ether oxygens (including phenoxy) is 4. The highest BCUT2D eigenvalue weighted by atomic mass is 16.7. The molecule has 164 valence electrons. The molecule has 0 saturated carbocycles.